The molecular weight excluding hydrogens is 240 g/mol. The lowest BCUT2D eigenvalue weighted by Crippen LogP contribution is -2.11. The normalized spacial score (nSPS) is 12.3. The van der Waals surface area contributed by atoms with Crippen LogP contribution in [0.1, 0.15) is 17.5 Å². The van der Waals surface area contributed by atoms with E-state index in [0.29, 0.717) is 17.4 Å². The summed E-state index contributed by atoms with van der Waals surface area (Å²) in [5.74, 6) is 0.828. The van der Waals surface area contributed by atoms with Crippen molar-refractivity contribution in [1.29, 1.82) is 0 Å². The van der Waals surface area contributed by atoms with E-state index in [2.05, 4.69) is 15.1 Å². The zero-order valence-corrected chi connectivity index (χ0v) is 10.1. The Morgan fingerprint density at radius 3 is 2.53 bits per heavy atom. The van der Waals surface area contributed by atoms with E-state index in [1.807, 2.05) is 48.5 Å². The number of pyridine rings is 1. The van der Waals surface area contributed by atoms with Crippen LogP contribution in [0, 0.1) is 0 Å². The highest BCUT2D eigenvalue weighted by Crippen LogP contribution is 2.20. The summed E-state index contributed by atoms with van der Waals surface area (Å²) in [5, 5.41) is 3.90. The van der Waals surface area contributed by atoms with Crippen LogP contribution in [0.3, 0.4) is 0 Å². The Labute approximate surface area is 110 Å². The fourth-order valence-electron chi connectivity index (χ4n) is 1.76. The largest absolute Gasteiger partial charge is 0.337 e. The molecule has 5 nitrogen and oxygen atoms in total. The lowest BCUT2D eigenvalue weighted by molar-refractivity contribution is 0.367. The molecule has 2 heterocycles. The summed E-state index contributed by atoms with van der Waals surface area (Å²) in [6.45, 7) is 0. The van der Waals surface area contributed by atoms with Crippen molar-refractivity contribution in [3.8, 4) is 11.5 Å². The van der Waals surface area contributed by atoms with Gasteiger partial charge in [0.1, 0.15) is 11.7 Å². The monoisotopic (exact) mass is 252 g/mol. The zero-order chi connectivity index (χ0) is 13.1. The molecule has 0 aliphatic carbocycles. The molecule has 2 N–H and O–H groups in total. The van der Waals surface area contributed by atoms with Crippen LogP contribution in [0.2, 0.25) is 0 Å². The SMILES string of the molecule is N[C@@H](c1ccccc1)c1nc(-c2ccccn2)no1. The second-order valence-electron chi connectivity index (χ2n) is 4.06. The molecule has 0 fully saturated rings. The summed E-state index contributed by atoms with van der Waals surface area (Å²) < 4.78 is 5.21. The van der Waals surface area contributed by atoms with Crippen molar-refractivity contribution in [3.05, 3.63) is 66.2 Å². The molecule has 5 heteroatoms. The van der Waals surface area contributed by atoms with Crippen molar-refractivity contribution in [2.75, 3.05) is 0 Å². The van der Waals surface area contributed by atoms with E-state index in [0.717, 1.165) is 5.56 Å². The van der Waals surface area contributed by atoms with Crippen LogP contribution in [0.5, 0.6) is 0 Å². The molecule has 0 aliphatic heterocycles. The standard InChI is InChI=1S/C14H12N4O/c15-12(10-6-2-1-3-7-10)14-17-13(18-19-14)11-8-4-5-9-16-11/h1-9,12H,15H2/t12-/m0/s1. The van der Waals surface area contributed by atoms with Crippen molar-refractivity contribution in [1.82, 2.24) is 15.1 Å². The van der Waals surface area contributed by atoms with Crippen LogP contribution in [-0.4, -0.2) is 15.1 Å². The van der Waals surface area contributed by atoms with E-state index in [1.165, 1.54) is 0 Å². The van der Waals surface area contributed by atoms with Gasteiger partial charge in [0.2, 0.25) is 11.7 Å². The molecule has 0 unspecified atom stereocenters. The fraction of sp³-hybridized carbons (Fsp3) is 0.0714. The Hall–Kier alpha value is -2.53. The Morgan fingerprint density at radius 2 is 1.79 bits per heavy atom. The van der Waals surface area contributed by atoms with Crippen LogP contribution in [0.25, 0.3) is 11.5 Å². The number of hydrogen-bond donors (Lipinski definition) is 1. The van der Waals surface area contributed by atoms with Crippen molar-refractivity contribution < 1.29 is 4.52 Å². The van der Waals surface area contributed by atoms with Gasteiger partial charge < -0.3 is 10.3 Å². The Balaban J connectivity index is 1.90. The second kappa shape index (κ2) is 4.99. The highest BCUT2D eigenvalue weighted by molar-refractivity contribution is 5.47. The molecule has 0 saturated heterocycles. The lowest BCUT2D eigenvalue weighted by Gasteiger charge is -2.05. The number of nitrogens with two attached hydrogens (primary N) is 1. The summed E-state index contributed by atoms with van der Waals surface area (Å²) in [4.78, 5) is 8.46. The third-order valence-electron chi connectivity index (χ3n) is 2.76. The quantitative estimate of drug-likeness (QED) is 0.773. The molecule has 0 spiro atoms. The lowest BCUT2D eigenvalue weighted by atomic mass is 10.1. The summed E-state index contributed by atoms with van der Waals surface area (Å²) in [6.07, 6.45) is 1.68. The van der Waals surface area contributed by atoms with Gasteiger partial charge in [0, 0.05) is 6.20 Å². The van der Waals surface area contributed by atoms with Crippen molar-refractivity contribution in [3.63, 3.8) is 0 Å². The Morgan fingerprint density at radius 1 is 1.00 bits per heavy atom. The summed E-state index contributed by atoms with van der Waals surface area (Å²) in [7, 11) is 0. The summed E-state index contributed by atoms with van der Waals surface area (Å²) >= 11 is 0. The van der Waals surface area contributed by atoms with E-state index >= 15 is 0 Å². The third kappa shape index (κ3) is 2.36. The van der Waals surface area contributed by atoms with Crippen LogP contribution < -0.4 is 5.73 Å². The predicted molar refractivity (Wildman–Crippen MR) is 70.0 cm³/mol. The maximum atomic E-state index is 6.09. The maximum Gasteiger partial charge on any atom is 0.248 e. The highest BCUT2D eigenvalue weighted by Gasteiger charge is 2.17. The molecule has 3 rings (SSSR count). The van der Waals surface area contributed by atoms with Crippen molar-refractivity contribution in [2.45, 2.75) is 6.04 Å². The van der Waals surface area contributed by atoms with E-state index in [9.17, 15) is 0 Å². The number of rotatable bonds is 3. The zero-order valence-electron chi connectivity index (χ0n) is 10.1. The van der Waals surface area contributed by atoms with E-state index in [4.69, 9.17) is 10.3 Å². The van der Waals surface area contributed by atoms with Gasteiger partial charge in [-0.2, -0.15) is 4.98 Å². The third-order valence-corrected chi connectivity index (χ3v) is 2.76. The van der Waals surface area contributed by atoms with E-state index in [-0.39, 0.29) is 0 Å². The van der Waals surface area contributed by atoms with Crippen molar-refractivity contribution >= 4 is 0 Å². The first-order valence-electron chi connectivity index (χ1n) is 5.90. The number of benzene rings is 1. The molecule has 94 valence electrons. The van der Waals surface area contributed by atoms with Gasteiger partial charge in [0.15, 0.2) is 0 Å². The minimum absolute atomic E-state index is 0.381. The van der Waals surface area contributed by atoms with Crippen LogP contribution in [0.15, 0.2) is 59.3 Å². The van der Waals surface area contributed by atoms with Gasteiger partial charge in [-0.05, 0) is 17.7 Å². The van der Waals surface area contributed by atoms with Crippen molar-refractivity contribution in [2.24, 2.45) is 5.73 Å². The fourth-order valence-corrected chi connectivity index (χ4v) is 1.76. The van der Waals surface area contributed by atoms with Gasteiger partial charge in [-0.15, -0.1) is 0 Å². The smallest absolute Gasteiger partial charge is 0.248 e. The van der Waals surface area contributed by atoms with Crippen LogP contribution in [0.4, 0.5) is 0 Å². The van der Waals surface area contributed by atoms with Gasteiger partial charge >= 0.3 is 0 Å². The molecule has 1 atom stereocenters. The Kier molecular flexibility index (Phi) is 3.04. The minimum Gasteiger partial charge on any atom is -0.337 e. The summed E-state index contributed by atoms with van der Waals surface area (Å²) in [5.41, 5.74) is 7.69. The molecule has 0 saturated carbocycles. The predicted octanol–water partition coefficient (Wildman–Crippen LogP) is 2.18. The number of hydrogen-bond acceptors (Lipinski definition) is 5. The average Bonchev–Trinajstić information content (AvgIpc) is 2.98. The molecule has 3 aromatic rings. The first-order valence-corrected chi connectivity index (χ1v) is 5.90. The number of aromatic nitrogens is 3. The molecule has 0 amide bonds. The molecular formula is C14H12N4O. The first kappa shape index (κ1) is 11.6. The van der Waals surface area contributed by atoms with Crippen LogP contribution >= 0.6 is 0 Å². The molecule has 1 aromatic carbocycles. The minimum atomic E-state index is -0.425. The van der Waals surface area contributed by atoms with E-state index < -0.39 is 6.04 Å². The first-order chi connectivity index (χ1) is 9.34. The molecule has 2 aromatic heterocycles. The molecule has 19 heavy (non-hydrogen) atoms. The second-order valence-corrected chi connectivity index (χ2v) is 4.06. The highest BCUT2D eigenvalue weighted by atomic mass is 16.5. The number of nitrogens with zero attached hydrogens (tertiary/aromatic N) is 3. The van der Waals surface area contributed by atoms with Gasteiger partial charge in [-0.25, -0.2) is 0 Å². The molecule has 0 bridgehead atoms. The van der Waals surface area contributed by atoms with Gasteiger partial charge in [-0.1, -0.05) is 41.6 Å². The van der Waals surface area contributed by atoms with Gasteiger partial charge in [-0.3, -0.25) is 4.98 Å². The average molecular weight is 252 g/mol. The molecule has 0 aliphatic rings. The summed E-state index contributed by atoms with van der Waals surface area (Å²) in [6, 6.07) is 14.7. The topological polar surface area (TPSA) is 77.8 Å². The molecule has 0 radical (unpaired) electrons. The van der Waals surface area contributed by atoms with E-state index in [1.54, 1.807) is 6.20 Å². The maximum absolute atomic E-state index is 6.09. The van der Waals surface area contributed by atoms with Gasteiger partial charge in [0.05, 0.1) is 0 Å². The Bertz CT molecular complexity index is 651. The van der Waals surface area contributed by atoms with Crippen LogP contribution in [-0.2, 0) is 0 Å². The van der Waals surface area contributed by atoms with Gasteiger partial charge in [0.25, 0.3) is 0 Å².